The quantitative estimate of drug-likeness (QED) is 0.509. The van der Waals surface area contributed by atoms with Crippen LogP contribution in [0.15, 0.2) is 54.6 Å². The molecule has 2 saturated heterocycles. The van der Waals surface area contributed by atoms with Crippen molar-refractivity contribution < 1.29 is 19.5 Å². The minimum atomic E-state index is -0.935. The molecule has 1 spiro atoms. The number of likely N-dealkylation sites (tertiary alicyclic amines) is 1. The average Bonchev–Trinajstić information content (AvgIpc) is 2.99. The number of rotatable bonds is 7. The Morgan fingerprint density at radius 1 is 0.974 bits per heavy atom. The smallest absolute Gasteiger partial charge is 0.251 e. The van der Waals surface area contributed by atoms with Crippen molar-refractivity contribution >= 4 is 17.7 Å². The summed E-state index contributed by atoms with van der Waals surface area (Å²) in [7, 11) is 1.62. The third-order valence-corrected chi connectivity index (χ3v) is 8.95. The normalized spacial score (nSPS) is 22.9. The number of aliphatic hydroxyl groups excluding tert-OH is 1. The summed E-state index contributed by atoms with van der Waals surface area (Å²) in [5.41, 5.74) is 1.76. The van der Waals surface area contributed by atoms with Crippen LogP contribution in [0.25, 0.3) is 0 Å². The maximum absolute atomic E-state index is 14.0. The molecule has 2 heterocycles. The van der Waals surface area contributed by atoms with Crippen LogP contribution in [0.1, 0.15) is 66.4 Å². The monoisotopic (exact) mass is 532 g/mol. The summed E-state index contributed by atoms with van der Waals surface area (Å²) in [5.74, 6) is -0.389. The number of nitrogens with zero attached hydrogens (tertiary/aromatic N) is 2. The van der Waals surface area contributed by atoms with Gasteiger partial charge in [0.1, 0.15) is 11.6 Å². The molecule has 5 rings (SSSR count). The molecule has 2 aliphatic heterocycles. The number of piperidine rings is 1. The number of nitrogens with one attached hydrogen (secondary N) is 2. The van der Waals surface area contributed by atoms with Gasteiger partial charge in [0.15, 0.2) is 0 Å². The van der Waals surface area contributed by atoms with E-state index >= 15 is 0 Å². The average molecular weight is 533 g/mol. The lowest BCUT2D eigenvalue weighted by Crippen LogP contribution is -2.74. The molecule has 0 radical (unpaired) electrons. The summed E-state index contributed by atoms with van der Waals surface area (Å²) in [6.07, 6.45) is 5.24. The Morgan fingerprint density at radius 2 is 1.62 bits per heavy atom. The van der Waals surface area contributed by atoms with Gasteiger partial charge in [-0.25, -0.2) is 0 Å². The fraction of sp³-hybridized carbons (Fsp3) is 0.516. The van der Waals surface area contributed by atoms with Gasteiger partial charge < -0.3 is 20.6 Å². The van der Waals surface area contributed by atoms with Crippen molar-refractivity contribution in [3.63, 3.8) is 0 Å². The van der Waals surface area contributed by atoms with E-state index in [-0.39, 0.29) is 23.6 Å². The van der Waals surface area contributed by atoms with Crippen LogP contribution in [0.2, 0.25) is 0 Å². The summed E-state index contributed by atoms with van der Waals surface area (Å²) >= 11 is 0. The van der Waals surface area contributed by atoms with Crippen molar-refractivity contribution in [1.82, 2.24) is 20.4 Å². The lowest BCUT2D eigenvalue weighted by atomic mass is 9.77. The number of aliphatic hydroxyl groups is 1. The molecule has 8 nitrogen and oxygen atoms in total. The van der Waals surface area contributed by atoms with Crippen LogP contribution in [0, 0.1) is 5.92 Å². The van der Waals surface area contributed by atoms with Crippen molar-refractivity contribution in [2.75, 3.05) is 20.1 Å². The molecule has 1 aliphatic carbocycles. The molecule has 2 atom stereocenters. The Hall–Kier alpha value is -3.23. The molecule has 1 saturated carbocycles. The molecule has 8 heteroatoms. The fourth-order valence-corrected chi connectivity index (χ4v) is 6.56. The summed E-state index contributed by atoms with van der Waals surface area (Å²) in [6, 6.07) is 16.5. The largest absolute Gasteiger partial charge is 0.390 e. The highest BCUT2D eigenvalue weighted by molar-refractivity contribution is 6.00. The molecular weight excluding hydrogens is 492 g/mol. The van der Waals surface area contributed by atoms with E-state index in [9.17, 15) is 19.5 Å². The second-order valence-electron chi connectivity index (χ2n) is 11.3. The first-order chi connectivity index (χ1) is 18.9. The number of benzene rings is 2. The zero-order chi connectivity index (χ0) is 27.4. The highest BCUT2D eigenvalue weighted by Gasteiger charge is 2.55. The van der Waals surface area contributed by atoms with E-state index in [1.165, 1.54) is 0 Å². The summed E-state index contributed by atoms with van der Waals surface area (Å²) < 4.78 is 0. The second-order valence-corrected chi connectivity index (χ2v) is 11.3. The minimum absolute atomic E-state index is 0.0391. The number of carbonyl (C=O) groups is 3. The predicted molar refractivity (Wildman–Crippen MR) is 149 cm³/mol. The maximum atomic E-state index is 14.0. The number of hydrogen-bond donors (Lipinski definition) is 3. The van der Waals surface area contributed by atoms with E-state index in [4.69, 9.17) is 0 Å². The van der Waals surface area contributed by atoms with Crippen LogP contribution >= 0.6 is 0 Å². The Bertz CT molecular complexity index is 1150. The number of piperazine rings is 1. The molecule has 3 amide bonds. The molecule has 3 aliphatic rings. The SMILES string of the molecule is CNC(=O)c1ccc(CN2CCC3(CC2)C(=O)N[C@H]([C@H](O)C2CCCCC2)C(=O)N3Cc2ccccc2)cc1. The second kappa shape index (κ2) is 11.9. The summed E-state index contributed by atoms with van der Waals surface area (Å²) in [5, 5.41) is 16.9. The van der Waals surface area contributed by atoms with Gasteiger partial charge in [-0.3, -0.25) is 19.3 Å². The van der Waals surface area contributed by atoms with Gasteiger partial charge >= 0.3 is 0 Å². The van der Waals surface area contributed by atoms with Gasteiger partial charge in [-0.05, 0) is 54.9 Å². The van der Waals surface area contributed by atoms with E-state index in [1.54, 1.807) is 11.9 Å². The lowest BCUT2D eigenvalue weighted by molar-refractivity contribution is -0.167. The molecule has 208 valence electrons. The minimum Gasteiger partial charge on any atom is -0.390 e. The van der Waals surface area contributed by atoms with Crippen LogP contribution in [0.3, 0.4) is 0 Å². The van der Waals surface area contributed by atoms with Crippen molar-refractivity contribution in [1.29, 1.82) is 0 Å². The van der Waals surface area contributed by atoms with Crippen LogP contribution in [-0.2, 0) is 22.7 Å². The highest BCUT2D eigenvalue weighted by atomic mass is 16.3. The molecule has 0 aromatic heterocycles. The first-order valence-electron chi connectivity index (χ1n) is 14.3. The van der Waals surface area contributed by atoms with E-state index in [0.29, 0.717) is 44.6 Å². The highest BCUT2D eigenvalue weighted by Crippen LogP contribution is 2.37. The first-order valence-corrected chi connectivity index (χ1v) is 14.3. The lowest BCUT2D eigenvalue weighted by Gasteiger charge is -2.52. The third kappa shape index (κ3) is 5.72. The number of hydrogen-bond acceptors (Lipinski definition) is 5. The fourth-order valence-electron chi connectivity index (χ4n) is 6.56. The molecule has 2 aromatic carbocycles. The van der Waals surface area contributed by atoms with Gasteiger partial charge in [-0.1, -0.05) is 61.7 Å². The van der Waals surface area contributed by atoms with Crippen molar-refractivity contribution in [2.45, 2.75) is 75.7 Å². The Balaban J connectivity index is 1.32. The van der Waals surface area contributed by atoms with Gasteiger partial charge in [0, 0.05) is 38.8 Å². The van der Waals surface area contributed by atoms with Crippen molar-refractivity contribution in [2.24, 2.45) is 5.92 Å². The predicted octanol–water partition coefficient (Wildman–Crippen LogP) is 2.85. The van der Waals surface area contributed by atoms with E-state index in [1.807, 2.05) is 54.6 Å². The van der Waals surface area contributed by atoms with Crippen LogP contribution in [-0.4, -0.2) is 70.4 Å². The van der Waals surface area contributed by atoms with Crippen LogP contribution in [0.4, 0.5) is 0 Å². The van der Waals surface area contributed by atoms with Gasteiger partial charge in [0.2, 0.25) is 11.8 Å². The van der Waals surface area contributed by atoms with Crippen molar-refractivity contribution in [3.8, 4) is 0 Å². The van der Waals surface area contributed by atoms with E-state index in [2.05, 4.69) is 15.5 Å². The Kier molecular flexibility index (Phi) is 8.33. The Labute approximate surface area is 230 Å². The Morgan fingerprint density at radius 3 is 2.26 bits per heavy atom. The van der Waals surface area contributed by atoms with Gasteiger partial charge in [-0.15, -0.1) is 0 Å². The molecule has 3 fully saturated rings. The standard InChI is InChI=1S/C31H40N4O4/c1-32-28(37)25-14-12-23(13-15-25)20-34-18-16-31(17-19-34)30(39)33-26(27(36)24-10-6-3-7-11-24)29(38)35(31)21-22-8-4-2-5-9-22/h2,4-5,8-9,12-15,24,26-27,36H,3,6-7,10-11,16-21H2,1H3,(H,32,37)(H,33,39)/t26-,27-/m1/s1. The zero-order valence-electron chi connectivity index (χ0n) is 22.8. The third-order valence-electron chi connectivity index (χ3n) is 8.95. The summed E-state index contributed by atoms with van der Waals surface area (Å²) in [4.78, 5) is 43.8. The zero-order valence-corrected chi connectivity index (χ0v) is 22.8. The molecule has 0 bridgehead atoms. The van der Waals surface area contributed by atoms with Gasteiger partial charge in [0.05, 0.1) is 6.10 Å². The molecular formula is C31H40N4O4. The number of carbonyl (C=O) groups excluding carboxylic acids is 3. The first kappa shape index (κ1) is 27.3. The number of amides is 3. The van der Waals surface area contributed by atoms with Crippen molar-refractivity contribution in [3.05, 3.63) is 71.3 Å². The molecule has 3 N–H and O–H groups in total. The maximum Gasteiger partial charge on any atom is 0.251 e. The molecule has 0 unspecified atom stereocenters. The molecule has 2 aromatic rings. The van der Waals surface area contributed by atoms with Gasteiger partial charge in [0.25, 0.3) is 5.91 Å². The van der Waals surface area contributed by atoms with E-state index in [0.717, 1.165) is 43.2 Å². The summed E-state index contributed by atoms with van der Waals surface area (Å²) in [6.45, 7) is 2.39. The van der Waals surface area contributed by atoms with Crippen LogP contribution < -0.4 is 10.6 Å². The molecule has 39 heavy (non-hydrogen) atoms. The van der Waals surface area contributed by atoms with E-state index < -0.39 is 17.7 Å². The van der Waals surface area contributed by atoms with Crippen LogP contribution in [0.5, 0.6) is 0 Å². The van der Waals surface area contributed by atoms with Gasteiger partial charge in [-0.2, -0.15) is 0 Å². The topological polar surface area (TPSA) is 102 Å².